The van der Waals surface area contributed by atoms with Gasteiger partial charge in [-0.2, -0.15) is 0 Å². The smallest absolute Gasteiger partial charge is 0.404 e. The fourth-order valence-electron chi connectivity index (χ4n) is 2.01. The number of alkyl halides is 3. The molecule has 0 aliphatic carbocycles. The number of halogens is 3. The van der Waals surface area contributed by atoms with E-state index in [1.54, 1.807) is 0 Å². The van der Waals surface area contributed by atoms with Crippen molar-refractivity contribution in [3.8, 4) is 5.75 Å². The van der Waals surface area contributed by atoms with Gasteiger partial charge < -0.3 is 10.1 Å². The Balaban J connectivity index is 1.96. The van der Waals surface area contributed by atoms with E-state index in [-0.39, 0.29) is 18.0 Å². The molecule has 3 nitrogen and oxygen atoms in total. The van der Waals surface area contributed by atoms with Gasteiger partial charge in [0.05, 0.1) is 5.69 Å². The first-order valence-electron chi connectivity index (χ1n) is 7.04. The summed E-state index contributed by atoms with van der Waals surface area (Å²) in [6, 6.07) is 13.2. The van der Waals surface area contributed by atoms with Crippen molar-refractivity contribution in [2.45, 2.75) is 26.1 Å². The summed E-state index contributed by atoms with van der Waals surface area (Å²) in [7, 11) is 0. The number of carbonyl (C=O) groups excluding carboxylic acids is 1. The quantitative estimate of drug-likeness (QED) is 0.882. The molecule has 2 aromatic carbocycles. The minimum Gasteiger partial charge on any atom is -0.404 e. The molecule has 6 heteroatoms. The maximum atomic E-state index is 12.3. The molecule has 0 aromatic heterocycles. The van der Waals surface area contributed by atoms with Gasteiger partial charge in [-0.1, -0.05) is 42.0 Å². The Kier molecular flexibility index (Phi) is 5.26. The molecule has 0 heterocycles. The third kappa shape index (κ3) is 5.65. The standard InChI is InChI=1S/C17H16F3NO2/c1-12-6-8-13(9-7-12)10-11-16(22)21-14-4-2-3-5-15(14)23-17(18,19)20/h2-9H,10-11H2,1H3,(H,21,22). The molecule has 0 saturated heterocycles. The number of hydrogen-bond acceptors (Lipinski definition) is 2. The van der Waals surface area contributed by atoms with Crippen LogP contribution in [0.2, 0.25) is 0 Å². The minimum absolute atomic E-state index is 0.00117. The lowest BCUT2D eigenvalue weighted by molar-refractivity contribution is -0.274. The number of benzene rings is 2. The second kappa shape index (κ2) is 7.17. The number of aryl methyl sites for hydroxylation is 2. The molecule has 2 rings (SSSR count). The molecule has 0 aliphatic rings. The second-order valence-corrected chi connectivity index (χ2v) is 5.08. The monoisotopic (exact) mass is 323 g/mol. The fraction of sp³-hybridized carbons (Fsp3) is 0.235. The third-order valence-corrected chi connectivity index (χ3v) is 3.15. The summed E-state index contributed by atoms with van der Waals surface area (Å²) >= 11 is 0. The lowest BCUT2D eigenvalue weighted by Gasteiger charge is -2.13. The number of amides is 1. The summed E-state index contributed by atoms with van der Waals surface area (Å²) in [5.74, 6) is -0.799. The van der Waals surface area contributed by atoms with E-state index in [2.05, 4.69) is 10.1 Å². The first-order chi connectivity index (χ1) is 10.8. The Labute approximate surface area is 132 Å². The van der Waals surface area contributed by atoms with Crippen LogP contribution in [0.5, 0.6) is 5.75 Å². The number of rotatable bonds is 5. The zero-order valence-corrected chi connectivity index (χ0v) is 12.5. The summed E-state index contributed by atoms with van der Waals surface area (Å²) in [5.41, 5.74) is 2.11. The molecular formula is C17H16F3NO2. The molecule has 122 valence electrons. The van der Waals surface area contributed by atoms with E-state index < -0.39 is 12.1 Å². The summed E-state index contributed by atoms with van der Waals surface area (Å²) in [6.45, 7) is 1.97. The van der Waals surface area contributed by atoms with Gasteiger partial charge in [-0.05, 0) is 31.0 Å². The van der Waals surface area contributed by atoms with Gasteiger partial charge >= 0.3 is 6.36 Å². The van der Waals surface area contributed by atoms with Crippen molar-refractivity contribution < 1.29 is 22.7 Å². The molecule has 0 fully saturated rings. The van der Waals surface area contributed by atoms with Gasteiger partial charge in [-0.3, -0.25) is 4.79 Å². The van der Waals surface area contributed by atoms with Crippen LogP contribution in [-0.4, -0.2) is 12.3 Å². The summed E-state index contributed by atoms with van der Waals surface area (Å²) in [5, 5.41) is 2.45. The highest BCUT2D eigenvalue weighted by molar-refractivity contribution is 5.92. The predicted molar refractivity (Wildman–Crippen MR) is 81.3 cm³/mol. The highest BCUT2D eigenvalue weighted by atomic mass is 19.4. The maximum absolute atomic E-state index is 12.3. The number of ether oxygens (including phenoxy) is 1. The fourth-order valence-corrected chi connectivity index (χ4v) is 2.01. The first-order valence-corrected chi connectivity index (χ1v) is 7.04. The van der Waals surface area contributed by atoms with E-state index in [0.717, 1.165) is 17.2 Å². The Morgan fingerprint density at radius 3 is 2.39 bits per heavy atom. The topological polar surface area (TPSA) is 38.3 Å². The van der Waals surface area contributed by atoms with Crippen LogP contribution in [0.25, 0.3) is 0 Å². The number of nitrogens with one attached hydrogen (secondary N) is 1. The largest absolute Gasteiger partial charge is 0.573 e. The van der Waals surface area contributed by atoms with Crippen molar-refractivity contribution in [2.75, 3.05) is 5.32 Å². The number of carbonyl (C=O) groups is 1. The minimum atomic E-state index is -4.80. The number of anilines is 1. The molecule has 23 heavy (non-hydrogen) atoms. The van der Waals surface area contributed by atoms with E-state index in [4.69, 9.17) is 0 Å². The molecule has 1 N–H and O–H groups in total. The average molecular weight is 323 g/mol. The summed E-state index contributed by atoms with van der Waals surface area (Å²) in [6.07, 6.45) is -4.12. The Bertz CT molecular complexity index is 666. The van der Waals surface area contributed by atoms with E-state index in [1.807, 2.05) is 31.2 Å². The van der Waals surface area contributed by atoms with E-state index >= 15 is 0 Å². The summed E-state index contributed by atoms with van der Waals surface area (Å²) < 4.78 is 40.9. The molecule has 2 aromatic rings. The van der Waals surface area contributed by atoms with Crippen molar-refractivity contribution in [3.63, 3.8) is 0 Å². The Morgan fingerprint density at radius 2 is 1.74 bits per heavy atom. The van der Waals surface area contributed by atoms with Crippen molar-refractivity contribution in [3.05, 3.63) is 59.7 Å². The number of para-hydroxylation sites is 2. The van der Waals surface area contributed by atoms with Gasteiger partial charge in [-0.15, -0.1) is 13.2 Å². The van der Waals surface area contributed by atoms with Crippen LogP contribution in [0, 0.1) is 6.92 Å². The lowest BCUT2D eigenvalue weighted by atomic mass is 10.1. The van der Waals surface area contributed by atoms with Crippen molar-refractivity contribution >= 4 is 11.6 Å². The van der Waals surface area contributed by atoms with E-state index in [1.165, 1.54) is 18.2 Å². The van der Waals surface area contributed by atoms with Gasteiger partial charge in [0.25, 0.3) is 0 Å². The van der Waals surface area contributed by atoms with Crippen LogP contribution in [0.15, 0.2) is 48.5 Å². The average Bonchev–Trinajstić information content (AvgIpc) is 2.47. The zero-order chi connectivity index (χ0) is 16.9. The molecule has 0 aliphatic heterocycles. The van der Waals surface area contributed by atoms with Crippen LogP contribution in [0.1, 0.15) is 17.5 Å². The van der Waals surface area contributed by atoms with E-state index in [0.29, 0.717) is 6.42 Å². The second-order valence-electron chi connectivity index (χ2n) is 5.08. The molecule has 0 saturated carbocycles. The Hall–Kier alpha value is -2.50. The van der Waals surface area contributed by atoms with Crippen LogP contribution in [0.3, 0.4) is 0 Å². The van der Waals surface area contributed by atoms with Crippen LogP contribution >= 0.6 is 0 Å². The normalized spacial score (nSPS) is 11.1. The number of hydrogen-bond donors (Lipinski definition) is 1. The van der Waals surface area contributed by atoms with Gasteiger partial charge in [-0.25, -0.2) is 0 Å². The molecular weight excluding hydrogens is 307 g/mol. The lowest BCUT2D eigenvalue weighted by Crippen LogP contribution is -2.19. The highest BCUT2D eigenvalue weighted by Gasteiger charge is 2.32. The predicted octanol–water partition coefficient (Wildman–Crippen LogP) is 4.46. The van der Waals surface area contributed by atoms with Gasteiger partial charge in [0.2, 0.25) is 5.91 Å². The highest BCUT2D eigenvalue weighted by Crippen LogP contribution is 2.30. The van der Waals surface area contributed by atoms with Crippen LogP contribution in [0.4, 0.5) is 18.9 Å². The summed E-state index contributed by atoms with van der Waals surface area (Å²) in [4.78, 5) is 11.9. The van der Waals surface area contributed by atoms with Crippen molar-refractivity contribution in [2.24, 2.45) is 0 Å². The molecule has 0 spiro atoms. The van der Waals surface area contributed by atoms with Crippen LogP contribution < -0.4 is 10.1 Å². The van der Waals surface area contributed by atoms with Crippen molar-refractivity contribution in [1.82, 2.24) is 0 Å². The molecule has 0 radical (unpaired) electrons. The van der Waals surface area contributed by atoms with Gasteiger partial charge in [0.1, 0.15) is 0 Å². The molecule has 0 bridgehead atoms. The molecule has 0 atom stereocenters. The first kappa shape index (κ1) is 16.9. The van der Waals surface area contributed by atoms with Crippen LogP contribution in [-0.2, 0) is 11.2 Å². The third-order valence-electron chi connectivity index (χ3n) is 3.15. The molecule has 1 amide bonds. The zero-order valence-electron chi connectivity index (χ0n) is 12.5. The SMILES string of the molecule is Cc1ccc(CCC(=O)Nc2ccccc2OC(F)(F)F)cc1. The molecule has 0 unspecified atom stereocenters. The maximum Gasteiger partial charge on any atom is 0.573 e. The Morgan fingerprint density at radius 1 is 1.09 bits per heavy atom. The van der Waals surface area contributed by atoms with Crippen molar-refractivity contribution in [1.29, 1.82) is 0 Å². The van der Waals surface area contributed by atoms with Gasteiger partial charge in [0, 0.05) is 6.42 Å². The van der Waals surface area contributed by atoms with Gasteiger partial charge in [0.15, 0.2) is 5.75 Å². The van der Waals surface area contributed by atoms with E-state index in [9.17, 15) is 18.0 Å².